The molecule has 4 aromatic carbocycles. The van der Waals surface area contributed by atoms with E-state index in [0.717, 1.165) is 27.5 Å². The van der Waals surface area contributed by atoms with Crippen LogP contribution in [0.25, 0.3) is 21.9 Å². The van der Waals surface area contributed by atoms with Crippen LogP contribution in [0.1, 0.15) is 49.0 Å². The second-order valence-electron chi connectivity index (χ2n) is 9.07. The van der Waals surface area contributed by atoms with Crippen molar-refractivity contribution in [2.24, 2.45) is 0 Å². The van der Waals surface area contributed by atoms with Crippen LogP contribution in [0.2, 0.25) is 0 Å². The average molecular weight is 490 g/mol. The van der Waals surface area contributed by atoms with E-state index in [2.05, 4.69) is 11.4 Å². The minimum atomic E-state index is -0.918. The van der Waals surface area contributed by atoms with Gasteiger partial charge in [0.2, 0.25) is 0 Å². The zero-order valence-corrected chi connectivity index (χ0v) is 20.5. The number of hydrogen-bond donors (Lipinski definition) is 2. The van der Waals surface area contributed by atoms with Crippen molar-refractivity contribution in [3.8, 4) is 16.9 Å². The maximum atomic E-state index is 14.6. The van der Waals surface area contributed by atoms with Gasteiger partial charge in [-0.05, 0) is 95.3 Å². The van der Waals surface area contributed by atoms with E-state index in [9.17, 15) is 13.6 Å². The zero-order chi connectivity index (χ0) is 25.8. The first-order valence-corrected chi connectivity index (χ1v) is 11.9. The fourth-order valence-corrected chi connectivity index (χ4v) is 4.54. The molecule has 36 heavy (non-hydrogen) atoms. The zero-order valence-electron chi connectivity index (χ0n) is 20.5. The number of benzene rings is 4. The molecular weight excluding hydrogens is 460 g/mol. The van der Waals surface area contributed by atoms with Gasteiger partial charge in [-0.3, -0.25) is 4.79 Å². The van der Waals surface area contributed by atoms with Crippen molar-refractivity contribution in [1.29, 1.82) is 0 Å². The Morgan fingerprint density at radius 2 is 1.61 bits per heavy atom. The first kappa shape index (κ1) is 25.3. The van der Waals surface area contributed by atoms with Crippen LogP contribution in [0.15, 0.2) is 72.8 Å². The molecule has 186 valence electrons. The molecule has 4 nitrogen and oxygen atoms in total. The lowest BCUT2D eigenvalue weighted by atomic mass is 9.92. The lowest BCUT2D eigenvalue weighted by molar-refractivity contribution is -0.136. The van der Waals surface area contributed by atoms with E-state index in [1.54, 1.807) is 0 Å². The Hall–Kier alpha value is -3.77. The van der Waals surface area contributed by atoms with Gasteiger partial charge in [-0.1, -0.05) is 30.3 Å². The van der Waals surface area contributed by atoms with Gasteiger partial charge in [0.1, 0.15) is 17.4 Å². The van der Waals surface area contributed by atoms with Crippen molar-refractivity contribution in [3.05, 3.63) is 101 Å². The van der Waals surface area contributed by atoms with E-state index in [0.29, 0.717) is 16.9 Å². The Balaban J connectivity index is 1.71. The fourth-order valence-electron chi connectivity index (χ4n) is 4.54. The van der Waals surface area contributed by atoms with Gasteiger partial charge in [0.05, 0.1) is 7.11 Å². The molecule has 6 heteroatoms. The number of aliphatic carboxylic acids is 1. The van der Waals surface area contributed by atoms with Crippen LogP contribution >= 0.6 is 0 Å². The van der Waals surface area contributed by atoms with E-state index < -0.39 is 11.8 Å². The number of nitrogens with one attached hydrogen (secondary N) is 1. The fraction of sp³-hybridized carbons (Fsp3) is 0.233. The molecule has 0 fully saturated rings. The van der Waals surface area contributed by atoms with Crippen molar-refractivity contribution in [3.63, 3.8) is 0 Å². The summed E-state index contributed by atoms with van der Waals surface area (Å²) in [5.41, 5.74) is 3.97. The molecule has 0 saturated heterocycles. The average Bonchev–Trinajstić information content (AvgIpc) is 2.86. The monoisotopic (exact) mass is 489 g/mol. The van der Waals surface area contributed by atoms with Crippen LogP contribution in [-0.4, -0.2) is 18.2 Å². The van der Waals surface area contributed by atoms with Crippen molar-refractivity contribution >= 4 is 16.7 Å². The minimum Gasteiger partial charge on any atom is -0.497 e. The largest absolute Gasteiger partial charge is 0.497 e. The summed E-state index contributed by atoms with van der Waals surface area (Å²) in [6, 6.07) is 21.2. The van der Waals surface area contributed by atoms with Crippen LogP contribution < -0.4 is 10.1 Å². The number of carbonyl (C=O) groups is 1. The van der Waals surface area contributed by atoms with Gasteiger partial charge in [0.15, 0.2) is 0 Å². The summed E-state index contributed by atoms with van der Waals surface area (Å²) < 4.78 is 33.8. The number of ether oxygens (including phenoxy) is 1. The number of rotatable bonds is 9. The molecule has 2 atom stereocenters. The molecular formula is C30H29F2NO3. The summed E-state index contributed by atoms with van der Waals surface area (Å²) in [5, 5.41) is 14.6. The number of aryl methyl sites for hydroxylation is 1. The van der Waals surface area contributed by atoms with E-state index in [1.807, 2.05) is 56.3 Å². The molecule has 0 aliphatic rings. The maximum absolute atomic E-state index is 14.6. The normalized spacial score (nSPS) is 12.9. The Morgan fingerprint density at radius 3 is 2.33 bits per heavy atom. The third-order valence-corrected chi connectivity index (χ3v) is 6.41. The number of halogens is 2. The smallest absolute Gasteiger partial charge is 0.303 e. The Bertz CT molecular complexity index is 1400. The topological polar surface area (TPSA) is 58.6 Å². The van der Waals surface area contributed by atoms with Gasteiger partial charge in [-0.15, -0.1) is 0 Å². The maximum Gasteiger partial charge on any atom is 0.303 e. The van der Waals surface area contributed by atoms with Crippen LogP contribution in [0.5, 0.6) is 5.75 Å². The standard InChI is InChI=1S/C30H29F2NO3/c1-18(33-19(2)23-13-26(32)17-27(15-23)36-3)22-12-21-6-4-5-7-28(21)29(16-22)24-10-20(8-9-30(34)35)11-25(31)14-24/h4-7,10-19,33H,8-9H2,1-3H3,(H,34,35)/t18?,19-/m1/s1. The molecule has 0 aliphatic heterocycles. The lowest BCUT2D eigenvalue weighted by Gasteiger charge is -2.23. The Labute approximate surface area is 209 Å². The van der Waals surface area contributed by atoms with Crippen LogP contribution in [-0.2, 0) is 11.2 Å². The second kappa shape index (κ2) is 10.9. The van der Waals surface area contributed by atoms with Gasteiger partial charge >= 0.3 is 5.97 Å². The number of carboxylic acids is 1. The highest BCUT2D eigenvalue weighted by Gasteiger charge is 2.16. The van der Waals surface area contributed by atoms with E-state index >= 15 is 0 Å². The molecule has 2 N–H and O–H groups in total. The van der Waals surface area contributed by atoms with Crippen molar-refractivity contribution < 1.29 is 23.4 Å². The van der Waals surface area contributed by atoms with Crippen molar-refractivity contribution in [2.45, 2.75) is 38.8 Å². The molecule has 0 bridgehead atoms. The number of methoxy groups -OCH3 is 1. The van der Waals surface area contributed by atoms with Gasteiger partial charge < -0.3 is 15.2 Å². The molecule has 0 amide bonds. The molecule has 0 aliphatic carbocycles. The van der Waals surface area contributed by atoms with Crippen molar-refractivity contribution in [2.75, 3.05) is 7.11 Å². The molecule has 0 heterocycles. The summed E-state index contributed by atoms with van der Waals surface area (Å²) in [6.45, 7) is 4.00. The molecule has 0 radical (unpaired) electrons. The summed E-state index contributed by atoms with van der Waals surface area (Å²) in [4.78, 5) is 11.0. The number of carboxylic acid groups (broad SMARTS) is 1. The van der Waals surface area contributed by atoms with Gasteiger partial charge in [0, 0.05) is 24.6 Å². The highest BCUT2D eigenvalue weighted by atomic mass is 19.1. The molecule has 1 unspecified atom stereocenters. The molecule has 4 rings (SSSR count). The summed E-state index contributed by atoms with van der Waals surface area (Å²) in [6.07, 6.45) is 0.192. The van der Waals surface area contributed by atoms with Gasteiger partial charge in [-0.25, -0.2) is 8.78 Å². The number of hydrogen-bond acceptors (Lipinski definition) is 3. The SMILES string of the molecule is COc1cc(F)cc([C@@H](C)NC(C)c2cc(-c3cc(F)cc(CCC(=O)O)c3)c3ccccc3c2)c1. The predicted molar refractivity (Wildman–Crippen MR) is 138 cm³/mol. The van der Waals surface area contributed by atoms with E-state index in [-0.39, 0.29) is 30.7 Å². The van der Waals surface area contributed by atoms with Crippen LogP contribution in [0.3, 0.4) is 0 Å². The highest BCUT2D eigenvalue weighted by Crippen LogP contribution is 2.34. The first-order valence-electron chi connectivity index (χ1n) is 11.9. The van der Waals surface area contributed by atoms with Crippen molar-refractivity contribution in [1.82, 2.24) is 5.32 Å². The third-order valence-electron chi connectivity index (χ3n) is 6.41. The van der Waals surface area contributed by atoms with E-state index in [4.69, 9.17) is 9.84 Å². The summed E-state index contributed by atoms with van der Waals surface area (Å²) in [5.74, 6) is -1.21. The first-order chi connectivity index (χ1) is 17.2. The van der Waals surface area contributed by atoms with E-state index in [1.165, 1.54) is 31.4 Å². The molecule has 0 aromatic heterocycles. The molecule has 0 spiro atoms. The summed E-state index contributed by atoms with van der Waals surface area (Å²) in [7, 11) is 1.51. The van der Waals surface area contributed by atoms with Gasteiger partial charge in [-0.2, -0.15) is 0 Å². The van der Waals surface area contributed by atoms with Crippen LogP contribution in [0.4, 0.5) is 8.78 Å². The second-order valence-corrected chi connectivity index (χ2v) is 9.07. The predicted octanol–water partition coefficient (Wildman–Crippen LogP) is 7.22. The molecule has 0 saturated carbocycles. The Morgan fingerprint density at radius 1 is 0.917 bits per heavy atom. The number of fused-ring (bicyclic) bond motifs is 1. The third kappa shape index (κ3) is 5.89. The van der Waals surface area contributed by atoms with Gasteiger partial charge in [0.25, 0.3) is 0 Å². The Kier molecular flexibility index (Phi) is 7.65. The highest BCUT2D eigenvalue weighted by molar-refractivity contribution is 5.97. The van der Waals surface area contributed by atoms with Crippen LogP contribution in [0, 0.1) is 11.6 Å². The lowest BCUT2D eigenvalue weighted by Crippen LogP contribution is -2.22. The quantitative estimate of drug-likeness (QED) is 0.261. The molecule has 4 aromatic rings. The summed E-state index contributed by atoms with van der Waals surface area (Å²) >= 11 is 0. The minimum absolute atomic E-state index is 0.0621.